The molecule has 10 rings (SSSR count). The van der Waals surface area contributed by atoms with E-state index >= 15 is 0 Å². The van der Waals surface area contributed by atoms with Crippen LogP contribution in [0.5, 0.6) is 11.5 Å². The number of nitrogens with zero attached hydrogens (tertiary/aromatic N) is 4. The number of ketones is 2. The van der Waals surface area contributed by atoms with Gasteiger partial charge in [0.2, 0.25) is 0 Å². The van der Waals surface area contributed by atoms with Gasteiger partial charge in [-0.05, 0) is 64.1 Å². The van der Waals surface area contributed by atoms with E-state index in [9.17, 15) is 19.2 Å². The van der Waals surface area contributed by atoms with Crippen molar-refractivity contribution in [2.24, 2.45) is 21.5 Å². The molecule has 4 heterocycles. The van der Waals surface area contributed by atoms with Crippen molar-refractivity contribution < 1.29 is 38.7 Å². The quantitative estimate of drug-likeness (QED) is 0.0879. The molecule has 16 heteroatoms. The molecular formula is C54H52BBrN6O8. The van der Waals surface area contributed by atoms with Gasteiger partial charge in [-0.25, -0.2) is 9.98 Å². The Morgan fingerprint density at radius 2 is 1.09 bits per heavy atom. The Morgan fingerprint density at radius 1 is 0.629 bits per heavy atom. The summed E-state index contributed by atoms with van der Waals surface area (Å²) in [6, 6.07) is 45.1. The first-order valence-electron chi connectivity index (χ1n) is 22.9. The standard InChI is InChI=1S/C27H25N3O3.C18H16BrN3O2.C9H11BO3/c1-3-22(31)20-11-7-10-18(14-20)19-12-13-23-21(15-19)27(25(32)30(2)26(28)29-27)16-24(33-23)17-8-5-4-6-9-17;1-22-16(23)18(21-17(22)20)10-15(11-5-3-2-4-6-11)24-14-8-7-12(19)9-13(14)18;1-2-9(11)7-4-3-5-8(6-7)10(12)13/h4-15,24H,3,16H2,1-2H3,(H2,28,29);2-9,15H,10H2,1H3,(H2,20,21);3-6,12-13H,2H2,1H3. The number of hydrogen-bond acceptors (Lipinski definition) is 12. The monoisotopic (exact) mass is 1000 g/mol. The number of aliphatic imine (C=N–C) groups is 2. The molecule has 0 radical (unpaired) electrons. The largest absolute Gasteiger partial charge is 0.488 e. The molecule has 0 aromatic heterocycles. The molecule has 0 fully saturated rings. The molecule has 4 aliphatic heterocycles. The lowest BCUT2D eigenvalue weighted by Gasteiger charge is -2.37. The maximum absolute atomic E-state index is 13.5. The molecule has 4 aliphatic rings. The Balaban J connectivity index is 0.000000155. The second kappa shape index (κ2) is 20.3. The van der Waals surface area contributed by atoms with Gasteiger partial charge in [0.25, 0.3) is 11.8 Å². The third-order valence-corrected chi connectivity index (χ3v) is 13.4. The smallest absolute Gasteiger partial charge is 0.485 e. The van der Waals surface area contributed by atoms with Crippen LogP contribution < -0.4 is 26.4 Å². The zero-order valence-corrected chi connectivity index (χ0v) is 40.7. The molecule has 4 atom stereocenters. The fraction of sp³-hybridized carbons (Fsp3) is 0.222. The van der Waals surface area contributed by atoms with Gasteiger partial charge in [0.1, 0.15) is 23.7 Å². The number of hydrogen-bond donors (Lipinski definition) is 4. The third kappa shape index (κ3) is 9.49. The molecule has 0 aliphatic carbocycles. The second-order valence-corrected chi connectivity index (χ2v) is 18.2. The van der Waals surface area contributed by atoms with Gasteiger partial charge >= 0.3 is 7.12 Å². The SMILES string of the molecule is CCC(=O)c1cccc(-c2ccc3c(c2)C2(CC(c4ccccc4)O3)N=C(N)N(C)C2=O)c1.CCC(=O)c1cccc(B(O)O)c1.CN1C(=O)C2(CC(c3ccccc3)Oc3ccc(Br)cc32)N=C1N. The molecule has 0 saturated carbocycles. The lowest BCUT2D eigenvalue weighted by atomic mass is 9.79. The molecular weight excluding hydrogens is 951 g/mol. The predicted molar refractivity (Wildman–Crippen MR) is 273 cm³/mol. The summed E-state index contributed by atoms with van der Waals surface area (Å²) < 4.78 is 13.4. The predicted octanol–water partition coefficient (Wildman–Crippen LogP) is 7.37. The molecule has 6 aromatic rings. The Kier molecular flexibility index (Phi) is 14.2. The maximum Gasteiger partial charge on any atom is 0.488 e. The Bertz CT molecular complexity index is 3040. The van der Waals surface area contributed by atoms with Crippen molar-refractivity contribution in [2.45, 2.75) is 62.8 Å². The number of ether oxygens (including phenoxy) is 2. The van der Waals surface area contributed by atoms with Crippen molar-refractivity contribution in [2.75, 3.05) is 14.1 Å². The van der Waals surface area contributed by atoms with Crippen LogP contribution in [0.2, 0.25) is 0 Å². The van der Waals surface area contributed by atoms with Crippen LogP contribution in [0.25, 0.3) is 11.1 Å². The molecule has 6 aromatic carbocycles. The van der Waals surface area contributed by atoms with Crippen molar-refractivity contribution in [1.82, 2.24) is 9.80 Å². The number of carbonyl (C=O) groups excluding carboxylic acids is 4. The molecule has 356 valence electrons. The fourth-order valence-electron chi connectivity index (χ4n) is 9.09. The summed E-state index contributed by atoms with van der Waals surface area (Å²) in [5, 5.41) is 17.7. The van der Waals surface area contributed by atoms with Crippen LogP contribution in [0.3, 0.4) is 0 Å². The van der Waals surface area contributed by atoms with Crippen LogP contribution in [-0.4, -0.2) is 76.4 Å². The summed E-state index contributed by atoms with van der Waals surface area (Å²) in [4.78, 5) is 62.0. The topological polar surface area (TPSA) is 210 Å². The number of guanidine groups is 2. The molecule has 2 spiro atoms. The number of benzene rings is 6. The Labute approximate surface area is 414 Å². The van der Waals surface area contributed by atoms with Gasteiger partial charge in [-0.2, -0.15) is 0 Å². The van der Waals surface area contributed by atoms with E-state index in [2.05, 4.69) is 25.9 Å². The number of halogens is 1. The van der Waals surface area contributed by atoms with Crippen LogP contribution in [0.15, 0.2) is 160 Å². The third-order valence-electron chi connectivity index (χ3n) is 12.9. The molecule has 0 saturated heterocycles. The van der Waals surface area contributed by atoms with Crippen LogP contribution in [0.1, 0.15) is 94.7 Å². The molecule has 0 bridgehead atoms. The Morgan fingerprint density at radius 3 is 1.56 bits per heavy atom. The first-order chi connectivity index (χ1) is 33.6. The Hall–Kier alpha value is -7.40. The van der Waals surface area contributed by atoms with E-state index in [-0.39, 0.29) is 47.5 Å². The van der Waals surface area contributed by atoms with E-state index in [4.69, 9.17) is 31.0 Å². The van der Waals surface area contributed by atoms with Crippen molar-refractivity contribution in [1.29, 1.82) is 0 Å². The summed E-state index contributed by atoms with van der Waals surface area (Å²) in [7, 11) is 1.79. The van der Waals surface area contributed by atoms with Crippen molar-refractivity contribution in [3.8, 4) is 22.6 Å². The van der Waals surface area contributed by atoms with E-state index in [0.717, 1.165) is 32.3 Å². The van der Waals surface area contributed by atoms with Crippen LogP contribution in [0, 0.1) is 0 Å². The van der Waals surface area contributed by atoms with Gasteiger partial charge in [-0.15, -0.1) is 0 Å². The molecule has 2 amide bonds. The summed E-state index contributed by atoms with van der Waals surface area (Å²) >= 11 is 3.47. The number of rotatable bonds is 8. The van der Waals surface area contributed by atoms with Gasteiger partial charge in [0, 0.05) is 66.5 Å². The van der Waals surface area contributed by atoms with Gasteiger partial charge in [-0.3, -0.25) is 29.0 Å². The van der Waals surface area contributed by atoms with Gasteiger partial charge < -0.3 is 31.0 Å². The van der Waals surface area contributed by atoms with Crippen LogP contribution in [0.4, 0.5) is 0 Å². The normalized spacial score (nSPS) is 20.7. The van der Waals surface area contributed by atoms with Gasteiger partial charge in [0.05, 0.1) is 0 Å². The summed E-state index contributed by atoms with van der Waals surface area (Å²) in [5.74, 6) is 1.51. The fourth-order valence-corrected chi connectivity index (χ4v) is 9.45. The van der Waals surface area contributed by atoms with E-state index in [1.807, 2.05) is 128 Å². The van der Waals surface area contributed by atoms with Crippen LogP contribution in [-0.2, 0) is 20.7 Å². The van der Waals surface area contributed by atoms with Gasteiger partial charge in [-0.1, -0.05) is 139 Å². The highest BCUT2D eigenvalue weighted by atomic mass is 79.9. The minimum absolute atomic E-state index is 0.00231. The van der Waals surface area contributed by atoms with Crippen molar-refractivity contribution in [3.05, 3.63) is 183 Å². The zero-order chi connectivity index (χ0) is 49.9. The summed E-state index contributed by atoms with van der Waals surface area (Å²) in [6.45, 7) is 3.62. The lowest BCUT2D eigenvalue weighted by Crippen LogP contribution is -2.43. The van der Waals surface area contributed by atoms with E-state index in [1.54, 1.807) is 39.2 Å². The van der Waals surface area contributed by atoms with E-state index in [0.29, 0.717) is 59.3 Å². The summed E-state index contributed by atoms with van der Waals surface area (Å²) in [6.07, 6.45) is 1.05. The number of Topliss-reactive ketones (excluding diaryl/α,β-unsaturated/α-hetero) is 2. The maximum atomic E-state index is 13.5. The number of fused-ring (bicyclic) bond motifs is 4. The van der Waals surface area contributed by atoms with E-state index < -0.39 is 18.2 Å². The van der Waals surface area contributed by atoms with Crippen LogP contribution >= 0.6 is 15.9 Å². The van der Waals surface area contributed by atoms with E-state index in [1.165, 1.54) is 15.9 Å². The first-order valence-corrected chi connectivity index (χ1v) is 23.7. The zero-order valence-electron chi connectivity index (χ0n) is 39.1. The van der Waals surface area contributed by atoms with Gasteiger partial charge in [0.15, 0.2) is 34.6 Å². The number of nitrogens with two attached hydrogens (primary N) is 2. The number of amides is 2. The number of carbonyl (C=O) groups is 4. The molecule has 14 nitrogen and oxygen atoms in total. The van der Waals surface area contributed by atoms with Crippen molar-refractivity contribution >= 4 is 63.8 Å². The highest BCUT2D eigenvalue weighted by molar-refractivity contribution is 9.10. The summed E-state index contributed by atoms with van der Waals surface area (Å²) in [5.41, 5.74) is 16.6. The minimum atomic E-state index is -1.51. The van der Waals surface area contributed by atoms with Crippen molar-refractivity contribution in [3.63, 3.8) is 0 Å². The minimum Gasteiger partial charge on any atom is -0.485 e. The average molecular weight is 1000 g/mol. The number of likely N-dealkylation sites (N-methyl/N-ethyl adjacent to an activating group) is 2. The average Bonchev–Trinajstić information content (AvgIpc) is 3.74. The first kappa shape index (κ1) is 49.0. The second-order valence-electron chi connectivity index (χ2n) is 17.3. The molecule has 6 N–H and O–H groups in total. The molecule has 70 heavy (non-hydrogen) atoms. The lowest BCUT2D eigenvalue weighted by molar-refractivity contribution is -0.133. The highest BCUT2D eigenvalue weighted by Crippen LogP contribution is 2.52. The molecule has 4 unspecified atom stereocenters. The highest BCUT2D eigenvalue weighted by Gasteiger charge is 2.55.